The molecule has 0 aliphatic heterocycles. The Morgan fingerprint density at radius 2 is 1.39 bits per heavy atom. The number of rotatable bonds is 15. The summed E-state index contributed by atoms with van der Waals surface area (Å²) < 4.78 is 2.02. The van der Waals surface area contributed by atoms with Crippen molar-refractivity contribution in [1.29, 1.82) is 0 Å². The fourth-order valence-corrected chi connectivity index (χ4v) is 5.96. The summed E-state index contributed by atoms with van der Waals surface area (Å²) >= 11 is 0. The van der Waals surface area contributed by atoms with Gasteiger partial charge in [0.05, 0.1) is 5.69 Å². The number of hydrogen-bond donors (Lipinski definition) is 1. The van der Waals surface area contributed by atoms with Crippen LogP contribution in [0.2, 0.25) is 0 Å². The molecule has 1 atom stereocenters. The third-order valence-corrected chi connectivity index (χ3v) is 8.17. The summed E-state index contributed by atoms with van der Waals surface area (Å²) in [7, 11) is 0. The molecule has 1 N–H and O–H groups in total. The Morgan fingerprint density at radius 3 is 2.17 bits per heavy atom. The van der Waals surface area contributed by atoms with Crippen molar-refractivity contribution in [3.05, 3.63) is 72.1 Å². The molecule has 0 aliphatic rings. The molecule has 41 heavy (non-hydrogen) atoms. The van der Waals surface area contributed by atoms with E-state index in [4.69, 9.17) is 6.42 Å². The average molecular weight is 544 g/mol. The number of aryl methyl sites for hydroxylation is 3. The van der Waals surface area contributed by atoms with Gasteiger partial charge in [0.15, 0.2) is 6.10 Å². The molecule has 4 aromatic carbocycles. The van der Waals surface area contributed by atoms with Crippen LogP contribution in [0.1, 0.15) is 81.9 Å². The first-order valence-corrected chi connectivity index (χ1v) is 15.4. The standard InChI is InChI=1S/C37H41N3O/c1-2-34(41)20-12-10-8-6-4-3-5-7-9-11-19-33-28-40(39-38-33)27-14-13-16-29-21-22-32-24-23-30-17-15-18-31-25-26-35(29)37(32)36(30)31/h1,15,17-18,21-26,28,34,41H,3-11,13-14,16,19,27H2/t34-/m0/s1. The van der Waals surface area contributed by atoms with Crippen molar-refractivity contribution in [3.8, 4) is 24.2 Å². The van der Waals surface area contributed by atoms with E-state index in [1.165, 1.54) is 82.8 Å². The molecule has 0 spiro atoms. The predicted octanol–water partition coefficient (Wildman–Crippen LogP) is 8.25. The second-order valence-corrected chi connectivity index (χ2v) is 11.2. The number of nitrogens with zero attached hydrogens (tertiary/aromatic N) is 3. The van der Waals surface area contributed by atoms with E-state index in [9.17, 15) is 5.11 Å². The molecule has 210 valence electrons. The van der Waals surface area contributed by atoms with Gasteiger partial charge in [-0.2, -0.15) is 0 Å². The molecule has 1 heterocycles. The molecule has 0 aliphatic carbocycles. The van der Waals surface area contributed by atoms with Gasteiger partial charge in [0.2, 0.25) is 0 Å². The molecule has 4 nitrogen and oxygen atoms in total. The van der Waals surface area contributed by atoms with Gasteiger partial charge in [-0.05, 0) is 76.4 Å². The summed E-state index contributed by atoms with van der Waals surface area (Å²) in [5, 5.41) is 26.2. The molecule has 4 heteroatoms. The number of benzene rings is 4. The Kier molecular flexibility index (Phi) is 10.3. The van der Waals surface area contributed by atoms with Gasteiger partial charge in [-0.3, -0.25) is 4.68 Å². The Bertz CT molecular complexity index is 1630. The summed E-state index contributed by atoms with van der Waals surface area (Å²) in [5.74, 6) is 7.82. The minimum atomic E-state index is -0.915. The lowest BCUT2D eigenvalue weighted by Gasteiger charge is -2.14. The van der Waals surface area contributed by atoms with Gasteiger partial charge in [-0.15, -0.1) is 11.5 Å². The SMILES string of the molecule is C#C[C@H](O)C#CCCCCCCCCCCc1cn(CCCCc2ccc3ccc4cccc5ccc2c3c45)nn1. The van der Waals surface area contributed by atoms with Crippen molar-refractivity contribution in [2.24, 2.45) is 0 Å². The van der Waals surface area contributed by atoms with Gasteiger partial charge in [0.25, 0.3) is 0 Å². The Hall–Kier alpha value is -3.86. The molecular weight excluding hydrogens is 502 g/mol. The van der Waals surface area contributed by atoms with Gasteiger partial charge >= 0.3 is 0 Å². The quantitative estimate of drug-likeness (QED) is 0.0822. The fourth-order valence-electron chi connectivity index (χ4n) is 5.96. The molecule has 0 bridgehead atoms. The highest BCUT2D eigenvalue weighted by atomic mass is 16.3. The zero-order valence-corrected chi connectivity index (χ0v) is 24.1. The Labute approximate surface area is 244 Å². The highest BCUT2D eigenvalue weighted by Gasteiger charge is 2.10. The maximum atomic E-state index is 9.20. The van der Waals surface area contributed by atoms with Crippen molar-refractivity contribution in [2.75, 3.05) is 0 Å². The predicted molar refractivity (Wildman–Crippen MR) is 171 cm³/mol. The normalized spacial score (nSPS) is 12.1. The van der Waals surface area contributed by atoms with Crippen LogP contribution in [0.15, 0.2) is 60.8 Å². The van der Waals surface area contributed by atoms with Gasteiger partial charge in [0.1, 0.15) is 0 Å². The maximum absolute atomic E-state index is 9.20. The monoisotopic (exact) mass is 543 g/mol. The van der Waals surface area contributed by atoms with Crippen LogP contribution in [0.5, 0.6) is 0 Å². The van der Waals surface area contributed by atoms with Crippen LogP contribution in [0.3, 0.4) is 0 Å². The van der Waals surface area contributed by atoms with Gasteiger partial charge < -0.3 is 5.11 Å². The molecule has 1 aromatic heterocycles. The summed E-state index contributed by atoms with van der Waals surface area (Å²) in [4.78, 5) is 0. The van der Waals surface area contributed by atoms with Gasteiger partial charge in [-0.25, -0.2) is 0 Å². The molecule has 0 saturated carbocycles. The van der Waals surface area contributed by atoms with Crippen molar-refractivity contribution < 1.29 is 5.11 Å². The lowest BCUT2D eigenvalue weighted by Crippen LogP contribution is -2.00. The van der Waals surface area contributed by atoms with E-state index in [0.717, 1.165) is 50.8 Å². The maximum Gasteiger partial charge on any atom is 0.176 e. The van der Waals surface area contributed by atoms with Gasteiger partial charge in [0, 0.05) is 19.2 Å². The van der Waals surface area contributed by atoms with E-state index >= 15 is 0 Å². The minimum absolute atomic E-state index is 0.820. The van der Waals surface area contributed by atoms with Crippen molar-refractivity contribution in [1.82, 2.24) is 15.0 Å². The Balaban J connectivity index is 0.969. The van der Waals surface area contributed by atoms with Crippen molar-refractivity contribution in [2.45, 2.75) is 96.1 Å². The molecule has 0 radical (unpaired) electrons. The van der Waals surface area contributed by atoms with Crippen LogP contribution in [-0.2, 0) is 19.4 Å². The lowest BCUT2D eigenvalue weighted by atomic mass is 9.90. The highest BCUT2D eigenvalue weighted by molar-refractivity contribution is 6.23. The number of aliphatic hydroxyl groups excluding tert-OH is 1. The first-order valence-electron chi connectivity index (χ1n) is 15.4. The topological polar surface area (TPSA) is 50.9 Å². The van der Waals surface area contributed by atoms with E-state index in [0.29, 0.717) is 0 Å². The number of hydrogen-bond acceptors (Lipinski definition) is 3. The molecular formula is C37H41N3O. The summed E-state index contributed by atoms with van der Waals surface area (Å²) in [6, 6.07) is 20.3. The van der Waals surface area contributed by atoms with Crippen molar-refractivity contribution in [3.63, 3.8) is 0 Å². The average Bonchev–Trinajstić information content (AvgIpc) is 3.46. The first-order chi connectivity index (χ1) is 20.2. The molecule has 5 rings (SSSR count). The number of unbranched alkanes of at least 4 members (excludes halogenated alkanes) is 9. The summed E-state index contributed by atoms with van der Waals surface area (Å²) in [6.45, 7) is 0.926. The van der Waals surface area contributed by atoms with E-state index in [1.54, 1.807) is 0 Å². The molecule has 0 amide bonds. The Morgan fingerprint density at radius 1 is 0.732 bits per heavy atom. The molecule has 5 aromatic rings. The van der Waals surface area contributed by atoms with Crippen LogP contribution >= 0.6 is 0 Å². The molecule has 0 fully saturated rings. The third kappa shape index (κ3) is 7.66. The van der Waals surface area contributed by atoms with Crippen LogP contribution in [-0.4, -0.2) is 26.2 Å². The van der Waals surface area contributed by atoms with Crippen LogP contribution in [0, 0.1) is 24.2 Å². The molecule has 0 unspecified atom stereocenters. The number of aromatic nitrogens is 3. The number of terminal acetylenes is 1. The first kappa shape index (κ1) is 28.7. The fraction of sp³-hybridized carbons (Fsp3) is 0.405. The summed E-state index contributed by atoms with van der Waals surface area (Å²) in [6.07, 6.45) is 21.3. The van der Waals surface area contributed by atoms with E-state index in [2.05, 4.69) is 88.9 Å². The van der Waals surface area contributed by atoms with E-state index < -0.39 is 6.10 Å². The second kappa shape index (κ2) is 14.7. The minimum Gasteiger partial charge on any atom is -0.369 e. The second-order valence-electron chi connectivity index (χ2n) is 11.2. The van der Waals surface area contributed by atoms with Crippen LogP contribution < -0.4 is 0 Å². The van der Waals surface area contributed by atoms with E-state index in [-0.39, 0.29) is 0 Å². The lowest BCUT2D eigenvalue weighted by molar-refractivity contribution is 0.289. The zero-order valence-electron chi connectivity index (χ0n) is 24.1. The third-order valence-electron chi connectivity index (χ3n) is 8.17. The van der Waals surface area contributed by atoms with Gasteiger partial charge in [-0.1, -0.05) is 116 Å². The smallest absolute Gasteiger partial charge is 0.176 e. The number of aliphatic hydroxyl groups is 1. The van der Waals surface area contributed by atoms with Crippen LogP contribution in [0.25, 0.3) is 32.3 Å². The van der Waals surface area contributed by atoms with Crippen LogP contribution in [0.4, 0.5) is 0 Å². The zero-order chi connectivity index (χ0) is 28.3. The van der Waals surface area contributed by atoms with Crippen molar-refractivity contribution >= 4 is 32.3 Å². The summed E-state index contributed by atoms with van der Waals surface area (Å²) in [5.41, 5.74) is 2.56. The molecule has 0 saturated heterocycles. The largest absolute Gasteiger partial charge is 0.369 e. The van der Waals surface area contributed by atoms with E-state index in [1.807, 2.05) is 4.68 Å². The highest BCUT2D eigenvalue weighted by Crippen LogP contribution is 2.36.